The number of nitrogens with zero attached hydrogens (tertiary/aromatic N) is 2. The molecule has 0 aliphatic heterocycles. The molecule has 0 atom stereocenters. The van der Waals surface area contributed by atoms with Gasteiger partial charge in [-0.1, -0.05) is 0 Å². The van der Waals surface area contributed by atoms with Crippen LogP contribution in [0.1, 0.15) is 5.69 Å². The predicted molar refractivity (Wildman–Crippen MR) is 58.5 cm³/mol. The molecule has 14 heavy (non-hydrogen) atoms. The molecule has 1 aromatic heterocycles. The summed E-state index contributed by atoms with van der Waals surface area (Å²) in [6, 6.07) is 12.4. The Morgan fingerprint density at radius 3 is 2.29 bits per heavy atom. The van der Waals surface area contributed by atoms with Crippen molar-refractivity contribution in [2.45, 2.75) is 6.92 Å². The molecular weight excluding hydrogens is 239 g/mol. The monoisotopic (exact) mass is 252 g/mol. The van der Waals surface area contributed by atoms with Crippen LogP contribution in [-0.4, -0.2) is 24.9 Å². The molecule has 1 heterocycles. The van der Waals surface area contributed by atoms with E-state index >= 15 is 0 Å². The number of para-hydroxylation sites is 1. The third-order valence-electron chi connectivity index (χ3n) is 2.35. The molecule has 3 heteroatoms. The van der Waals surface area contributed by atoms with Gasteiger partial charge in [0.1, 0.15) is 0 Å². The third kappa shape index (κ3) is 1.49. The maximum atomic E-state index is 3.07. The molecule has 0 fully saturated rings. The van der Waals surface area contributed by atoms with E-state index in [-0.39, 0.29) is 0 Å². The number of hydrogen-bond donors (Lipinski definition) is 0. The van der Waals surface area contributed by atoms with Gasteiger partial charge in [-0.3, -0.25) is 0 Å². The zero-order valence-corrected chi connectivity index (χ0v) is 9.98. The average Bonchev–Trinajstić information content (AvgIpc) is 2.43. The van der Waals surface area contributed by atoms with E-state index in [1.54, 1.807) is 0 Å². The van der Waals surface area contributed by atoms with Gasteiger partial charge in [0.25, 0.3) is 0 Å². The van der Waals surface area contributed by atoms with Gasteiger partial charge in [0.05, 0.1) is 0 Å². The molecule has 0 saturated heterocycles. The molecule has 2 nitrogen and oxygen atoms in total. The van der Waals surface area contributed by atoms with E-state index < -0.39 is 0 Å². The van der Waals surface area contributed by atoms with Gasteiger partial charge in [0, 0.05) is 0 Å². The van der Waals surface area contributed by atoms with E-state index in [0.29, 0.717) is 0 Å². The second-order valence-electron chi connectivity index (χ2n) is 3.29. The van der Waals surface area contributed by atoms with Gasteiger partial charge in [0.2, 0.25) is 0 Å². The Bertz CT molecular complexity index is 494. The van der Waals surface area contributed by atoms with E-state index in [1.165, 1.54) is 11.4 Å². The van der Waals surface area contributed by atoms with Crippen LogP contribution in [0.15, 0.2) is 36.4 Å². The van der Waals surface area contributed by atoms with E-state index in [2.05, 4.69) is 57.1 Å². The third-order valence-corrected chi connectivity index (χ3v) is 2.96. The quantitative estimate of drug-likeness (QED) is 0.684. The first-order valence-electron chi connectivity index (χ1n) is 4.51. The summed E-state index contributed by atoms with van der Waals surface area (Å²) >= 11 is 3.07. The second-order valence-corrected chi connectivity index (χ2v) is 4.17. The Morgan fingerprint density at radius 2 is 1.79 bits per heavy atom. The number of rotatable bonds is 1. The van der Waals surface area contributed by atoms with E-state index in [4.69, 9.17) is 0 Å². The Labute approximate surface area is 91.1 Å². The molecule has 0 spiro atoms. The summed E-state index contributed by atoms with van der Waals surface area (Å²) in [6.07, 6.45) is 0. The summed E-state index contributed by atoms with van der Waals surface area (Å²) in [7, 11) is 2.06. The van der Waals surface area contributed by atoms with Crippen molar-refractivity contribution < 1.29 is 0 Å². The summed E-state index contributed by atoms with van der Waals surface area (Å²) in [5, 5.41) is 0. The minimum absolute atomic E-state index is 1.14. The number of aromatic nitrogens is 2. The molecule has 0 unspecified atom stereocenters. The van der Waals surface area contributed by atoms with Crippen molar-refractivity contribution in [2.75, 3.05) is 0 Å². The van der Waals surface area contributed by atoms with Crippen molar-refractivity contribution in [3.05, 3.63) is 46.3 Å². The molecule has 0 aliphatic carbocycles. The fraction of sp³-hybridized carbons (Fsp3) is 0.182. The molecule has 1 aromatic carbocycles. The summed E-state index contributed by atoms with van der Waals surface area (Å²) in [4.78, 5) is 0. The molecule has 72 valence electrons. The molecule has 0 saturated carbocycles. The number of hydrogen-bond acceptors (Lipinski definition) is 0. The van der Waals surface area contributed by atoms with Gasteiger partial charge in [-0.15, -0.1) is 0 Å². The molecule has 0 amide bonds. The molecule has 0 aliphatic rings. The van der Waals surface area contributed by atoms with Crippen LogP contribution in [0.4, 0.5) is 0 Å². The van der Waals surface area contributed by atoms with Crippen LogP contribution in [0, 0.1) is 11.1 Å². The SMILES string of the molecule is Cc1cc(=[Se])n(-c2ccccc2)n1C. The summed E-state index contributed by atoms with van der Waals surface area (Å²) in [5.41, 5.74) is 2.42. The fourth-order valence-electron chi connectivity index (χ4n) is 1.51. The van der Waals surface area contributed by atoms with Crippen molar-refractivity contribution >= 4 is 15.6 Å². The van der Waals surface area contributed by atoms with Crippen LogP contribution in [0.25, 0.3) is 5.69 Å². The van der Waals surface area contributed by atoms with Crippen LogP contribution in [-0.2, 0) is 7.05 Å². The standard InChI is InChI=1S/C11H12N2Se/c1-9-8-11(14)13(12(9)2)10-6-4-3-5-7-10/h3-8H,1-2H3. The Hall–Kier alpha value is -1.05. The van der Waals surface area contributed by atoms with Crippen molar-refractivity contribution in [2.24, 2.45) is 7.05 Å². The van der Waals surface area contributed by atoms with Crippen LogP contribution in [0.2, 0.25) is 0 Å². The molecule has 2 aromatic rings. The van der Waals surface area contributed by atoms with Crippen LogP contribution in [0.5, 0.6) is 0 Å². The molecule has 0 radical (unpaired) electrons. The van der Waals surface area contributed by atoms with Gasteiger partial charge in [-0.2, -0.15) is 0 Å². The zero-order chi connectivity index (χ0) is 10.1. The Kier molecular flexibility index (Phi) is 2.44. The fourth-order valence-corrected chi connectivity index (χ4v) is 2.34. The van der Waals surface area contributed by atoms with E-state index in [1.807, 2.05) is 18.2 Å². The first kappa shape index (κ1) is 9.50. The maximum absolute atomic E-state index is 3.07. The first-order valence-corrected chi connectivity index (χ1v) is 5.37. The van der Waals surface area contributed by atoms with Gasteiger partial charge >= 0.3 is 90.9 Å². The van der Waals surface area contributed by atoms with E-state index in [0.717, 1.165) is 4.19 Å². The Balaban J connectivity index is 2.69. The summed E-state index contributed by atoms with van der Waals surface area (Å²) in [6.45, 7) is 2.10. The second kappa shape index (κ2) is 3.60. The van der Waals surface area contributed by atoms with Gasteiger partial charge in [0.15, 0.2) is 0 Å². The van der Waals surface area contributed by atoms with E-state index in [9.17, 15) is 0 Å². The van der Waals surface area contributed by atoms with Gasteiger partial charge < -0.3 is 0 Å². The molecule has 0 bridgehead atoms. The van der Waals surface area contributed by atoms with Crippen molar-refractivity contribution in [1.82, 2.24) is 9.36 Å². The van der Waals surface area contributed by atoms with Crippen LogP contribution in [0.3, 0.4) is 0 Å². The van der Waals surface area contributed by atoms with Crippen LogP contribution >= 0.6 is 0 Å². The number of aryl methyl sites for hydroxylation is 1. The minimum atomic E-state index is 1.14. The summed E-state index contributed by atoms with van der Waals surface area (Å²) in [5.74, 6) is 0. The average molecular weight is 251 g/mol. The number of benzene rings is 1. The van der Waals surface area contributed by atoms with Crippen molar-refractivity contribution in [3.63, 3.8) is 0 Å². The molecular formula is C11H12N2Se. The van der Waals surface area contributed by atoms with Gasteiger partial charge in [-0.05, 0) is 0 Å². The zero-order valence-electron chi connectivity index (χ0n) is 8.27. The van der Waals surface area contributed by atoms with Crippen LogP contribution < -0.4 is 0 Å². The summed E-state index contributed by atoms with van der Waals surface area (Å²) < 4.78 is 5.41. The predicted octanol–water partition coefficient (Wildman–Crippen LogP) is 1.82. The van der Waals surface area contributed by atoms with Crippen molar-refractivity contribution in [1.29, 1.82) is 0 Å². The molecule has 2 rings (SSSR count). The molecule has 0 N–H and O–H groups in total. The Morgan fingerprint density at radius 1 is 1.14 bits per heavy atom. The van der Waals surface area contributed by atoms with Crippen molar-refractivity contribution in [3.8, 4) is 5.69 Å². The van der Waals surface area contributed by atoms with Gasteiger partial charge in [-0.25, -0.2) is 0 Å². The normalized spacial score (nSPS) is 10.4. The topological polar surface area (TPSA) is 9.86 Å². The first-order chi connectivity index (χ1) is 6.70.